The third kappa shape index (κ3) is 2.29. The lowest BCUT2D eigenvalue weighted by molar-refractivity contribution is 0.333. The lowest BCUT2D eigenvalue weighted by Gasteiger charge is -2.29. The highest BCUT2D eigenvalue weighted by Crippen LogP contribution is 2.55. The molecule has 1 aliphatic carbocycles. The van der Waals surface area contributed by atoms with E-state index in [-0.39, 0.29) is 23.3 Å². The molecule has 0 amide bonds. The van der Waals surface area contributed by atoms with Crippen LogP contribution < -0.4 is 19.5 Å². The minimum atomic E-state index is 0.0466. The Morgan fingerprint density at radius 2 is 1.50 bits per heavy atom. The van der Waals surface area contributed by atoms with E-state index in [0.717, 1.165) is 53.6 Å². The van der Waals surface area contributed by atoms with Gasteiger partial charge in [-0.25, -0.2) is 0 Å². The van der Waals surface area contributed by atoms with E-state index in [4.69, 9.17) is 14.2 Å². The van der Waals surface area contributed by atoms with E-state index in [1.54, 1.807) is 26.4 Å². The van der Waals surface area contributed by atoms with Gasteiger partial charge < -0.3 is 29.7 Å². The van der Waals surface area contributed by atoms with Gasteiger partial charge in [0, 0.05) is 17.2 Å². The van der Waals surface area contributed by atoms with Crippen LogP contribution in [0.5, 0.6) is 28.7 Å². The smallest absolute Gasteiger partial charge is 0.203 e. The summed E-state index contributed by atoms with van der Waals surface area (Å²) in [6.07, 6.45) is 2.48. The van der Waals surface area contributed by atoms with Crippen molar-refractivity contribution in [1.82, 2.24) is 5.32 Å². The second kappa shape index (κ2) is 6.29. The van der Waals surface area contributed by atoms with E-state index in [9.17, 15) is 10.2 Å². The number of ether oxygens (including phenoxy) is 3. The highest BCUT2D eigenvalue weighted by atomic mass is 16.5. The summed E-state index contributed by atoms with van der Waals surface area (Å²) in [5.74, 6) is 1.33. The van der Waals surface area contributed by atoms with Crippen molar-refractivity contribution in [3.63, 3.8) is 0 Å². The fourth-order valence-corrected chi connectivity index (χ4v) is 4.35. The van der Waals surface area contributed by atoms with Crippen LogP contribution in [0.1, 0.15) is 29.2 Å². The normalized spacial score (nSPS) is 17.7. The number of hydrogen-bond acceptors (Lipinski definition) is 6. The molecule has 2 aromatic carbocycles. The summed E-state index contributed by atoms with van der Waals surface area (Å²) >= 11 is 0. The molecule has 3 N–H and O–H groups in total. The molecule has 2 aromatic rings. The summed E-state index contributed by atoms with van der Waals surface area (Å²) in [5, 5.41) is 24.5. The van der Waals surface area contributed by atoms with Gasteiger partial charge in [0.05, 0.1) is 21.3 Å². The van der Waals surface area contributed by atoms with Crippen LogP contribution >= 0.6 is 0 Å². The number of methoxy groups -OCH3 is 3. The second-order valence-electron chi connectivity index (χ2n) is 6.67. The van der Waals surface area contributed by atoms with Crippen LogP contribution in [0, 0.1) is 0 Å². The molecule has 0 unspecified atom stereocenters. The monoisotopic (exact) mass is 357 g/mol. The molecular formula is C20H23NO5. The van der Waals surface area contributed by atoms with Gasteiger partial charge in [-0.1, -0.05) is 0 Å². The van der Waals surface area contributed by atoms with Crippen LogP contribution in [0.4, 0.5) is 0 Å². The lowest BCUT2D eigenvalue weighted by Crippen LogP contribution is -2.30. The van der Waals surface area contributed by atoms with Crippen molar-refractivity contribution < 1.29 is 24.4 Å². The molecule has 0 fully saturated rings. The molecule has 26 heavy (non-hydrogen) atoms. The molecule has 0 saturated carbocycles. The maximum atomic E-state index is 10.6. The van der Waals surface area contributed by atoms with E-state index < -0.39 is 0 Å². The van der Waals surface area contributed by atoms with Gasteiger partial charge >= 0.3 is 0 Å². The first-order valence-corrected chi connectivity index (χ1v) is 8.74. The molecule has 0 spiro atoms. The zero-order chi connectivity index (χ0) is 18.4. The van der Waals surface area contributed by atoms with Crippen molar-refractivity contribution in [2.75, 3.05) is 27.9 Å². The Hall–Kier alpha value is -2.60. The number of aryl methyl sites for hydroxylation is 1. The molecule has 4 rings (SSSR count). The topological polar surface area (TPSA) is 80.2 Å². The summed E-state index contributed by atoms with van der Waals surface area (Å²) < 4.78 is 16.6. The molecule has 1 atom stereocenters. The van der Waals surface area contributed by atoms with E-state index in [1.165, 1.54) is 7.11 Å². The van der Waals surface area contributed by atoms with E-state index in [2.05, 4.69) is 5.32 Å². The first kappa shape index (κ1) is 16.8. The Labute approximate surface area is 152 Å². The summed E-state index contributed by atoms with van der Waals surface area (Å²) in [6.45, 7) is 0.866. The molecule has 6 heteroatoms. The predicted molar refractivity (Wildman–Crippen MR) is 97.6 cm³/mol. The molecule has 1 heterocycles. The third-order valence-electron chi connectivity index (χ3n) is 5.38. The first-order chi connectivity index (χ1) is 12.6. The molecule has 0 aromatic heterocycles. The minimum absolute atomic E-state index is 0.0466. The van der Waals surface area contributed by atoms with Crippen molar-refractivity contribution in [1.29, 1.82) is 0 Å². The molecule has 1 aliphatic heterocycles. The van der Waals surface area contributed by atoms with Crippen molar-refractivity contribution in [2.24, 2.45) is 0 Å². The van der Waals surface area contributed by atoms with Gasteiger partial charge in [-0.05, 0) is 54.6 Å². The summed E-state index contributed by atoms with van der Waals surface area (Å²) in [7, 11) is 4.61. The standard InChI is InChI=1S/C20H23NO5/c1-24-18-13(22)9-11-6-7-21-12-5-4-10-8-14(23)19(25-2)20(26-3)16(10)17(18)15(11)12/h8-9,12,21-23H,4-7H2,1-3H3/t12-/m0/s1. The first-order valence-electron chi connectivity index (χ1n) is 8.74. The van der Waals surface area contributed by atoms with Crippen molar-refractivity contribution in [3.05, 3.63) is 28.8 Å². The van der Waals surface area contributed by atoms with Crippen LogP contribution in [0.2, 0.25) is 0 Å². The predicted octanol–water partition coefficient (Wildman–Crippen LogP) is 2.92. The van der Waals surface area contributed by atoms with Gasteiger partial charge in [0.1, 0.15) is 0 Å². The van der Waals surface area contributed by atoms with Crippen molar-refractivity contribution in [2.45, 2.75) is 25.3 Å². The number of aromatic hydroxyl groups is 2. The maximum Gasteiger partial charge on any atom is 0.203 e. The Kier molecular flexibility index (Phi) is 4.07. The highest BCUT2D eigenvalue weighted by molar-refractivity contribution is 5.88. The number of fused-ring (bicyclic) bond motifs is 2. The van der Waals surface area contributed by atoms with Crippen LogP contribution in [-0.2, 0) is 12.8 Å². The zero-order valence-corrected chi connectivity index (χ0v) is 15.2. The van der Waals surface area contributed by atoms with E-state index in [1.807, 2.05) is 0 Å². The quantitative estimate of drug-likeness (QED) is 0.784. The van der Waals surface area contributed by atoms with Crippen LogP contribution in [0.3, 0.4) is 0 Å². The summed E-state index contributed by atoms with van der Waals surface area (Å²) in [5.41, 5.74) is 4.84. The molecule has 6 nitrogen and oxygen atoms in total. The lowest BCUT2D eigenvalue weighted by atomic mass is 9.86. The van der Waals surface area contributed by atoms with Crippen molar-refractivity contribution >= 4 is 0 Å². The minimum Gasteiger partial charge on any atom is -0.504 e. The Balaban J connectivity index is 2.15. The van der Waals surface area contributed by atoms with Crippen LogP contribution in [0.25, 0.3) is 11.1 Å². The van der Waals surface area contributed by atoms with Gasteiger partial charge in [0.15, 0.2) is 23.0 Å². The Morgan fingerprint density at radius 1 is 0.846 bits per heavy atom. The molecule has 2 aliphatic rings. The van der Waals surface area contributed by atoms with Crippen LogP contribution in [-0.4, -0.2) is 38.1 Å². The zero-order valence-electron chi connectivity index (χ0n) is 15.2. The third-order valence-corrected chi connectivity index (χ3v) is 5.38. The van der Waals surface area contributed by atoms with E-state index >= 15 is 0 Å². The number of hydrogen-bond donors (Lipinski definition) is 3. The fraction of sp³-hybridized carbons (Fsp3) is 0.400. The second-order valence-corrected chi connectivity index (χ2v) is 6.67. The van der Waals surface area contributed by atoms with Crippen molar-refractivity contribution in [3.8, 4) is 39.9 Å². The average molecular weight is 357 g/mol. The average Bonchev–Trinajstić information content (AvgIpc) is 2.79. The number of benzene rings is 2. The number of phenols is 2. The van der Waals surface area contributed by atoms with Gasteiger partial charge in [0.2, 0.25) is 5.75 Å². The highest BCUT2D eigenvalue weighted by Gasteiger charge is 2.35. The van der Waals surface area contributed by atoms with E-state index in [0.29, 0.717) is 11.5 Å². The molecular weight excluding hydrogens is 334 g/mol. The van der Waals surface area contributed by atoms with Crippen LogP contribution in [0.15, 0.2) is 12.1 Å². The molecule has 138 valence electrons. The largest absolute Gasteiger partial charge is 0.504 e. The molecule has 0 radical (unpaired) electrons. The summed E-state index contributed by atoms with van der Waals surface area (Å²) in [6, 6.07) is 3.69. The SMILES string of the molecule is COc1c(O)cc2c(c1OC)-c1c(OC)c(O)cc3c1[C@H](CC2)NCC3. The summed E-state index contributed by atoms with van der Waals surface area (Å²) in [4.78, 5) is 0. The molecule has 0 saturated heterocycles. The maximum absolute atomic E-state index is 10.6. The molecule has 0 bridgehead atoms. The van der Waals surface area contributed by atoms with Gasteiger partial charge in [-0.3, -0.25) is 0 Å². The number of nitrogens with one attached hydrogen (secondary N) is 1. The number of phenolic OH excluding ortho intramolecular Hbond substituents is 2. The Morgan fingerprint density at radius 3 is 2.19 bits per heavy atom. The Bertz CT molecular complexity index is 877. The van der Waals surface area contributed by atoms with Gasteiger partial charge in [0.25, 0.3) is 0 Å². The number of rotatable bonds is 3. The van der Waals surface area contributed by atoms with Gasteiger partial charge in [-0.15, -0.1) is 0 Å². The fourth-order valence-electron chi connectivity index (χ4n) is 4.35. The van der Waals surface area contributed by atoms with Gasteiger partial charge in [-0.2, -0.15) is 0 Å².